The van der Waals surface area contributed by atoms with Gasteiger partial charge in [-0.1, -0.05) is 13.8 Å². The molecule has 1 atom stereocenters. The van der Waals surface area contributed by atoms with Gasteiger partial charge in [-0.2, -0.15) is 0 Å². The lowest BCUT2D eigenvalue weighted by Crippen LogP contribution is -2.45. The van der Waals surface area contributed by atoms with E-state index in [1.54, 1.807) is 7.11 Å². The normalized spacial score (nSPS) is 18.4. The minimum absolute atomic E-state index is 0.350. The Bertz CT molecular complexity index is 228. The maximum Gasteiger partial charge on any atom is 0.500 e. The summed E-state index contributed by atoms with van der Waals surface area (Å²) in [5, 5.41) is 0. The van der Waals surface area contributed by atoms with Crippen molar-refractivity contribution < 1.29 is 22.8 Å². The van der Waals surface area contributed by atoms with Crippen molar-refractivity contribution in [1.29, 1.82) is 0 Å². The number of hydrogen-bond acceptors (Lipinski definition) is 5. The molecule has 5 nitrogen and oxygen atoms in total. The molecule has 0 spiro atoms. The molecule has 0 aromatic rings. The summed E-state index contributed by atoms with van der Waals surface area (Å²) in [7, 11) is -0.755. The highest BCUT2D eigenvalue weighted by molar-refractivity contribution is 6.60. The Labute approximate surface area is 124 Å². The van der Waals surface area contributed by atoms with Gasteiger partial charge in [-0.3, -0.25) is 0 Å². The van der Waals surface area contributed by atoms with Gasteiger partial charge in [0.1, 0.15) is 6.10 Å². The van der Waals surface area contributed by atoms with Gasteiger partial charge in [-0.25, -0.2) is 0 Å². The monoisotopic (exact) mass is 306 g/mol. The highest BCUT2D eigenvalue weighted by Gasteiger charge is 2.39. The lowest BCUT2D eigenvalue weighted by Gasteiger charge is -2.28. The van der Waals surface area contributed by atoms with Crippen molar-refractivity contribution >= 4 is 8.80 Å². The first-order chi connectivity index (χ1) is 9.76. The molecular weight excluding hydrogens is 276 g/mol. The first-order valence-corrected chi connectivity index (χ1v) is 9.72. The van der Waals surface area contributed by atoms with E-state index in [-0.39, 0.29) is 0 Å². The van der Waals surface area contributed by atoms with E-state index >= 15 is 0 Å². The minimum Gasteiger partial charge on any atom is -0.379 e. The number of hydrogen-bond donors (Lipinski definition) is 0. The van der Waals surface area contributed by atoms with Crippen molar-refractivity contribution in [3.8, 4) is 0 Å². The van der Waals surface area contributed by atoms with Crippen LogP contribution in [-0.2, 0) is 22.8 Å². The Balaban J connectivity index is 2.18. The molecule has 1 heterocycles. The van der Waals surface area contributed by atoms with Crippen LogP contribution < -0.4 is 0 Å². The smallest absolute Gasteiger partial charge is 0.379 e. The third-order valence-electron chi connectivity index (χ3n) is 3.09. The van der Waals surface area contributed by atoms with Gasteiger partial charge in [-0.05, 0) is 25.7 Å². The molecule has 0 aromatic heterocycles. The molecule has 0 amide bonds. The van der Waals surface area contributed by atoms with Crippen LogP contribution in [0.25, 0.3) is 0 Å². The van der Waals surface area contributed by atoms with E-state index in [4.69, 9.17) is 22.8 Å². The molecule has 6 heteroatoms. The van der Waals surface area contributed by atoms with E-state index in [1.807, 2.05) is 0 Å². The molecule has 20 heavy (non-hydrogen) atoms. The molecule has 120 valence electrons. The molecule has 0 radical (unpaired) electrons. The van der Waals surface area contributed by atoms with Crippen LogP contribution >= 0.6 is 0 Å². The first kappa shape index (κ1) is 18.1. The van der Waals surface area contributed by atoms with Crippen molar-refractivity contribution in [2.24, 2.45) is 0 Å². The largest absolute Gasteiger partial charge is 0.500 e. The van der Waals surface area contributed by atoms with Crippen molar-refractivity contribution in [3.05, 3.63) is 0 Å². The Hall–Kier alpha value is 0.0169. The number of ether oxygens (including phenoxy) is 2. The fraction of sp³-hybridized carbons (Fsp3) is 1.00. The van der Waals surface area contributed by atoms with Crippen LogP contribution in [0, 0.1) is 0 Å². The zero-order valence-corrected chi connectivity index (χ0v) is 14.2. The van der Waals surface area contributed by atoms with Gasteiger partial charge in [0.05, 0.1) is 13.2 Å². The Morgan fingerprint density at radius 1 is 1.05 bits per heavy atom. The zero-order chi connectivity index (χ0) is 14.7. The van der Waals surface area contributed by atoms with E-state index in [9.17, 15) is 0 Å². The molecule has 1 aliphatic rings. The van der Waals surface area contributed by atoms with Crippen molar-refractivity contribution in [2.75, 3.05) is 40.1 Å². The van der Waals surface area contributed by atoms with Crippen LogP contribution in [0.15, 0.2) is 0 Å². The van der Waals surface area contributed by atoms with Gasteiger partial charge in [0, 0.05) is 33.0 Å². The molecule has 1 unspecified atom stereocenters. The van der Waals surface area contributed by atoms with Crippen LogP contribution in [0.1, 0.15) is 39.5 Å². The average Bonchev–Trinajstić information content (AvgIpc) is 3.29. The van der Waals surface area contributed by atoms with Crippen LogP contribution in [0.3, 0.4) is 0 Å². The van der Waals surface area contributed by atoms with Crippen molar-refractivity contribution in [3.63, 3.8) is 0 Å². The van der Waals surface area contributed by atoms with E-state index in [2.05, 4.69) is 13.8 Å². The van der Waals surface area contributed by atoms with Gasteiger partial charge in [0.2, 0.25) is 0 Å². The summed E-state index contributed by atoms with van der Waals surface area (Å²) in [5.41, 5.74) is 0. The molecule has 0 aliphatic carbocycles. The van der Waals surface area contributed by atoms with Gasteiger partial charge in [-0.15, -0.1) is 0 Å². The summed E-state index contributed by atoms with van der Waals surface area (Å²) in [6.07, 6.45) is 4.34. The molecule has 1 saturated heterocycles. The highest BCUT2D eigenvalue weighted by atomic mass is 28.4. The van der Waals surface area contributed by atoms with E-state index in [0.29, 0.717) is 19.3 Å². The Morgan fingerprint density at radius 3 is 2.20 bits per heavy atom. The second-order valence-electron chi connectivity index (χ2n) is 5.07. The average molecular weight is 306 g/mol. The van der Waals surface area contributed by atoms with Crippen LogP contribution in [0.2, 0.25) is 6.04 Å². The third kappa shape index (κ3) is 7.71. The zero-order valence-electron chi connectivity index (χ0n) is 13.2. The minimum atomic E-state index is -2.46. The lowest BCUT2D eigenvalue weighted by molar-refractivity contribution is 0.0746. The summed E-state index contributed by atoms with van der Waals surface area (Å²) < 4.78 is 28.1. The Kier molecular flexibility index (Phi) is 9.67. The number of epoxide rings is 1. The van der Waals surface area contributed by atoms with Gasteiger partial charge in [0.15, 0.2) is 0 Å². The molecule has 1 fully saturated rings. The summed E-state index contributed by atoms with van der Waals surface area (Å²) in [4.78, 5) is 0. The SMILES string of the molecule is CCCO[Si](CCCCOCC1CO1)(OC)OCCC. The molecule has 1 rings (SSSR count). The standard InChI is InChI=1S/C14H30O5Si/c1-4-8-18-20(15-3,19-9-5-2)11-7-6-10-16-12-14-13-17-14/h14H,4-13H2,1-3H3. The lowest BCUT2D eigenvalue weighted by atomic mass is 10.3. The first-order valence-electron chi connectivity index (χ1n) is 7.78. The van der Waals surface area contributed by atoms with E-state index in [1.165, 1.54) is 0 Å². The number of rotatable bonds is 14. The fourth-order valence-electron chi connectivity index (χ4n) is 1.85. The quantitative estimate of drug-likeness (QED) is 0.280. The predicted molar refractivity (Wildman–Crippen MR) is 79.8 cm³/mol. The molecule has 0 aromatic carbocycles. The second-order valence-corrected chi connectivity index (χ2v) is 7.92. The van der Waals surface area contributed by atoms with Crippen LogP contribution in [-0.4, -0.2) is 55.1 Å². The maximum atomic E-state index is 5.92. The highest BCUT2D eigenvalue weighted by Crippen LogP contribution is 2.19. The number of unbranched alkanes of at least 4 members (excludes halogenated alkanes) is 1. The predicted octanol–water partition coefficient (Wildman–Crippen LogP) is 2.62. The summed E-state index contributed by atoms with van der Waals surface area (Å²) in [5.74, 6) is 0. The second kappa shape index (κ2) is 10.7. The van der Waals surface area contributed by atoms with Crippen molar-refractivity contribution in [1.82, 2.24) is 0 Å². The Morgan fingerprint density at radius 2 is 1.70 bits per heavy atom. The molecule has 1 aliphatic heterocycles. The van der Waals surface area contributed by atoms with Gasteiger partial charge in [0.25, 0.3) is 0 Å². The molecular formula is C14H30O5Si. The summed E-state index contributed by atoms with van der Waals surface area (Å²) in [6.45, 7) is 7.97. The fourth-order valence-corrected chi connectivity index (χ4v) is 4.37. The summed E-state index contributed by atoms with van der Waals surface area (Å²) >= 11 is 0. The molecule has 0 N–H and O–H groups in total. The van der Waals surface area contributed by atoms with E-state index in [0.717, 1.165) is 51.5 Å². The van der Waals surface area contributed by atoms with Gasteiger partial charge >= 0.3 is 8.80 Å². The maximum absolute atomic E-state index is 5.92. The topological polar surface area (TPSA) is 49.5 Å². The van der Waals surface area contributed by atoms with Gasteiger partial charge < -0.3 is 22.8 Å². The van der Waals surface area contributed by atoms with E-state index < -0.39 is 8.80 Å². The van der Waals surface area contributed by atoms with Crippen LogP contribution in [0.5, 0.6) is 0 Å². The molecule has 0 bridgehead atoms. The summed E-state index contributed by atoms with van der Waals surface area (Å²) in [6, 6.07) is 0.868. The van der Waals surface area contributed by atoms with Crippen molar-refractivity contribution in [2.45, 2.75) is 51.7 Å². The molecule has 0 saturated carbocycles. The third-order valence-corrected chi connectivity index (χ3v) is 5.97. The van der Waals surface area contributed by atoms with Crippen LogP contribution in [0.4, 0.5) is 0 Å².